The minimum Gasteiger partial charge on any atom is -0.460 e. The molecule has 2 rings (SSSR count). The molecular formula is C12H16N4O2. The van der Waals surface area contributed by atoms with Crippen molar-refractivity contribution in [3.8, 4) is 11.5 Å². The second-order valence-corrected chi connectivity index (χ2v) is 3.98. The molecule has 0 aromatic carbocycles. The Hall–Kier alpha value is -2.08. The summed E-state index contributed by atoms with van der Waals surface area (Å²) >= 11 is 0. The van der Waals surface area contributed by atoms with Crippen LogP contribution in [0.25, 0.3) is 11.5 Å². The molecule has 2 aromatic rings. The number of aromatic amines is 1. The van der Waals surface area contributed by atoms with Gasteiger partial charge < -0.3 is 15.5 Å². The zero-order valence-electron chi connectivity index (χ0n) is 10.2. The smallest absolute Gasteiger partial charge is 0.271 e. The molecule has 1 amide bonds. The Morgan fingerprint density at radius 3 is 3.06 bits per heavy atom. The lowest BCUT2D eigenvalue weighted by Crippen LogP contribution is -2.26. The first-order chi connectivity index (χ1) is 8.70. The average Bonchev–Trinajstić information content (AvgIpc) is 2.97. The molecule has 6 nitrogen and oxygen atoms in total. The van der Waals surface area contributed by atoms with E-state index in [4.69, 9.17) is 10.2 Å². The van der Waals surface area contributed by atoms with E-state index < -0.39 is 0 Å². The van der Waals surface area contributed by atoms with E-state index in [0.29, 0.717) is 30.2 Å². The maximum absolute atomic E-state index is 11.7. The van der Waals surface area contributed by atoms with Gasteiger partial charge in [-0.1, -0.05) is 0 Å². The summed E-state index contributed by atoms with van der Waals surface area (Å²) in [5.74, 6) is 1.27. The highest BCUT2D eigenvalue weighted by Crippen LogP contribution is 2.20. The van der Waals surface area contributed by atoms with E-state index in [1.807, 2.05) is 19.1 Å². The van der Waals surface area contributed by atoms with Gasteiger partial charge in [0.15, 0.2) is 11.5 Å². The van der Waals surface area contributed by atoms with Gasteiger partial charge in [-0.2, -0.15) is 5.10 Å². The summed E-state index contributed by atoms with van der Waals surface area (Å²) in [6, 6.07) is 5.35. The van der Waals surface area contributed by atoms with Crippen molar-refractivity contribution in [2.24, 2.45) is 5.73 Å². The molecule has 18 heavy (non-hydrogen) atoms. The molecule has 0 fully saturated rings. The zero-order valence-corrected chi connectivity index (χ0v) is 10.2. The molecule has 96 valence electrons. The Labute approximate surface area is 105 Å². The summed E-state index contributed by atoms with van der Waals surface area (Å²) in [5, 5.41) is 9.47. The summed E-state index contributed by atoms with van der Waals surface area (Å²) in [4.78, 5) is 11.7. The number of nitrogens with two attached hydrogens (primary N) is 1. The molecule has 0 saturated heterocycles. The molecule has 4 N–H and O–H groups in total. The van der Waals surface area contributed by atoms with E-state index in [9.17, 15) is 4.79 Å². The molecule has 2 aromatic heterocycles. The van der Waals surface area contributed by atoms with Crippen molar-refractivity contribution in [3.63, 3.8) is 0 Å². The number of hydrogen-bond acceptors (Lipinski definition) is 4. The van der Waals surface area contributed by atoms with Crippen LogP contribution in [-0.2, 0) is 0 Å². The van der Waals surface area contributed by atoms with Gasteiger partial charge in [0.05, 0.1) is 0 Å². The summed E-state index contributed by atoms with van der Waals surface area (Å²) in [6.45, 7) is 2.97. The zero-order chi connectivity index (χ0) is 13.0. The quantitative estimate of drug-likeness (QED) is 0.689. The van der Waals surface area contributed by atoms with Crippen molar-refractivity contribution in [1.82, 2.24) is 15.5 Å². The van der Waals surface area contributed by atoms with Crippen molar-refractivity contribution < 1.29 is 9.21 Å². The van der Waals surface area contributed by atoms with Gasteiger partial charge in [0.1, 0.15) is 11.5 Å². The van der Waals surface area contributed by atoms with Crippen LogP contribution in [0.3, 0.4) is 0 Å². The van der Waals surface area contributed by atoms with Crippen molar-refractivity contribution in [2.75, 3.05) is 13.1 Å². The standard InChI is InChI=1S/C12H16N4O2/c1-8-3-4-11(18-8)9-7-10(16-15-9)12(17)14-6-2-5-13/h3-4,7H,2,5-6,13H2,1H3,(H,14,17)(H,15,16). The topological polar surface area (TPSA) is 96.9 Å². The van der Waals surface area contributed by atoms with Gasteiger partial charge in [0.2, 0.25) is 0 Å². The Balaban J connectivity index is 2.04. The van der Waals surface area contributed by atoms with E-state index in [0.717, 1.165) is 12.2 Å². The predicted molar refractivity (Wildman–Crippen MR) is 67.0 cm³/mol. The molecule has 0 unspecified atom stereocenters. The lowest BCUT2D eigenvalue weighted by Gasteiger charge is -1.99. The van der Waals surface area contributed by atoms with Gasteiger partial charge in [0, 0.05) is 12.6 Å². The van der Waals surface area contributed by atoms with Gasteiger partial charge in [0.25, 0.3) is 5.91 Å². The van der Waals surface area contributed by atoms with Crippen molar-refractivity contribution in [1.29, 1.82) is 0 Å². The van der Waals surface area contributed by atoms with E-state index in [-0.39, 0.29) is 5.91 Å². The van der Waals surface area contributed by atoms with Crippen LogP contribution in [0.2, 0.25) is 0 Å². The summed E-state index contributed by atoms with van der Waals surface area (Å²) < 4.78 is 5.44. The van der Waals surface area contributed by atoms with Crippen LogP contribution >= 0.6 is 0 Å². The van der Waals surface area contributed by atoms with Gasteiger partial charge in [-0.3, -0.25) is 9.89 Å². The second kappa shape index (κ2) is 5.50. The first-order valence-electron chi connectivity index (χ1n) is 5.81. The van der Waals surface area contributed by atoms with Crippen LogP contribution < -0.4 is 11.1 Å². The number of aromatic nitrogens is 2. The number of rotatable bonds is 5. The maximum atomic E-state index is 11.7. The van der Waals surface area contributed by atoms with Crippen LogP contribution in [0.15, 0.2) is 22.6 Å². The number of nitrogens with one attached hydrogen (secondary N) is 2. The predicted octanol–water partition coefficient (Wildman–Crippen LogP) is 1.06. The molecule has 0 aliphatic carbocycles. The van der Waals surface area contributed by atoms with Crippen LogP contribution in [0, 0.1) is 6.92 Å². The molecule has 2 heterocycles. The molecule has 0 saturated carbocycles. The number of nitrogens with zero attached hydrogens (tertiary/aromatic N) is 1. The van der Waals surface area contributed by atoms with Crippen LogP contribution in [0.1, 0.15) is 22.7 Å². The minimum atomic E-state index is -0.214. The molecule has 0 aliphatic heterocycles. The Morgan fingerprint density at radius 1 is 1.56 bits per heavy atom. The largest absolute Gasteiger partial charge is 0.460 e. The van der Waals surface area contributed by atoms with E-state index in [1.165, 1.54) is 0 Å². The molecule has 6 heteroatoms. The third-order valence-electron chi connectivity index (χ3n) is 2.48. The highest BCUT2D eigenvalue weighted by atomic mass is 16.3. The van der Waals surface area contributed by atoms with Crippen LogP contribution in [0.5, 0.6) is 0 Å². The summed E-state index contributed by atoms with van der Waals surface area (Å²) in [7, 11) is 0. The van der Waals surface area contributed by atoms with Crippen LogP contribution in [0.4, 0.5) is 0 Å². The Bertz CT molecular complexity index is 530. The first-order valence-corrected chi connectivity index (χ1v) is 5.81. The first kappa shape index (κ1) is 12.4. The average molecular weight is 248 g/mol. The molecule has 0 radical (unpaired) electrons. The normalized spacial score (nSPS) is 10.6. The fourth-order valence-corrected chi connectivity index (χ4v) is 1.54. The monoisotopic (exact) mass is 248 g/mol. The summed E-state index contributed by atoms with van der Waals surface area (Å²) in [5.41, 5.74) is 6.38. The second-order valence-electron chi connectivity index (χ2n) is 3.98. The molecule has 0 atom stereocenters. The number of hydrogen-bond donors (Lipinski definition) is 3. The molecular weight excluding hydrogens is 232 g/mol. The van der Waals surface area contributed by atoms with Crippen molar-refractivity contribution in [3.05, 3.63) is 29.7 Å². The lowest BCUT2D eigenvalue weighted by molar-refractivity contribution is 0.0948. The highest BCUT2D eigenvalue weighted by Gasteiger charge is 2.12. The van der Waals surface area contributed by atoms with Gasteiger partial charge in [-0.25, -0.2) is 0 Å². The van der Waals surface area contributed by atoms with Gasteiger partial charge >= 0.3 is 0 Å². The third-order valence-corrected chi connectivity index (χ3v) is 2.48. The lowest BCUT2D eigenvalue weighted by atomic mass is 10.3. The highest BCUT2D eigenvalue weighted by molar-refractivity contribution is 5.93. The number of amides is 1. The number of carbonyl (C=O) groups excluding carboxylic acids is 1. The van der Waals surface area contributed by atoms with E-state index in [2.05, 4.69) is 15.5 Å². The molecule has 0 bridgehead atoms. The van der Waals surface area contributed by atoms with E-state index >= 15 is 0 Å². The molecule has 0 spiro atoms. The van der Waals surface area contributed by atoms with Gasteiger partial charge in [-0.15, -0.1) is 0 Å². The fourth-order valence-electron chi connectivity index (χ4n) is 1.54. The van der Waals surface area contributed by atoms with E-state index in [1.54, 1.807) is 6.07 Å². The SMILES string of the molecule is Cc1ccc(-c2cc(C(=O)NCCCN)n[nH]2)o1. The van der Waals surface area contributed by atoms with Crippen LogP contribution in [-0.4, -0.2) is 29.2 Å². The van der Waals surface area contributed by atoms with Gasteiger partial charge in [-0.05, 0) is 32.0 Å². The Kier molecular flexibility index (Phi) is 3.78. The maximum Gasteiger partial charge on any atom is 0.271 e. The minimum absolute atomic E-state index is 0.214. The number of furan rings is 1. The van der Waals surface area contributed by atoms with Crippen molar-refractivity contribution in [2.45, 2.75) is 13.3 Å². The number of aryl methyl sites for hydroxylation is 1. The fraction of sp³-hybridized carbons (Fsp3) is 0.333. The number of H-pyrrole nitrogens is 1. The van der Waals surface area contributed by atoms with Crippen molar-refractivity contribution >= 4 is 5.91 Å². The number of carbonyl (C=O) groups is 1. The third kappa shape index (κ3) is 2.78. The summed E-state index contributed by atoms with van der Waals surface area (Å²) in [6.07, 6.45) is 0.750. The molecule has 0 aliphatic rings. The Morgan fingerprint density at radius 2 is 2.39 bits per heavy atom.